The SMILES string of the molecule is CC(=O)Oc1cccc(C(=O)NCCCNC(=O)c2ccccc2C)c1. The van der Waals surface area contributed by atoms with Gasteiger partial charge in [-0.05, 0) is 43.2 Å². The second kappa shape index (κ2) is 9.36. The molecule has 2 N–H and O–H groups in total. The van der Waals surface area contributed by atoms with Crippen LogP contribution in [0.15, 0.2) is 48.5 Å². The van der Waals surface area contributed by atoms with Gasteiger partial charge in [0.2, 0.25) is 0 Å². The van der Waals surface area contributed by atoms with Crippen molar-refractivity contribution in [2.45, 2.75) is 20.3 Å². The summed E-state index contributed by atoms with van der Waals surface area (Å²) in [6.45, 7) is 4.07. The Bertz CT molecular complexity index is 802. The molecule has 0 fully saturated rings. The van der Waals surface area contributed by atoms with Crippen LogP contribution < -0.4 is 15.4 Å². The van der Waals surface area contributed by atoms with Gasteiger partial charge in [-0.15, -0.1) is 0 Å². The predicted octanol–water partition coefficient (Wildman–Crippen LogP) is 2.47. The Hall–Kier alpha value is -3.15. The molecule has 0 heterocycles. The molecule has 0 bridgehead atoms. The summed E-state index contributed by atoms with van der Waals surface area (Å²) in [4.78, 5) is 35.1. The van der Waals surface area contributed by atoms with Gasteiger partial charge >= 0.3 is 5.97 Å². The summed E-state index contributed by atoms with van der Waals surface area (Å²) in [5, 5.41) is 5.61. The summed E-state index contributed by atoms with van der Waals surface area (Å²) < 4.78 is 4.96. The van der Waals surface area contributed by atoms with Crippen LogP contribution in [-0.4, -0.2) is 30.9 Å². The van der Waals surface area contributed by atoms with Crippen LogP contribution in [-0.2, 0) is 4.79 Å². The molecular weight excluding hydrogens is 332 g/mol. The summed E-state index contributed by atoms with van der Waals surface area (Å²) in [5.41, 5.74) is 1.98. The molecule has 0 saturated heterocycles. The van der Waals surface area contributed by atoms with Crippen molar-refractivity contribution in [3.05, 3.63) is 65.2 Å². The standard InChI is InChI=1S/C20H22N2O4/c1-14-7-3-4-10-18(14)20(25)22-12-6-11-21-19(24)16-8-5-9-17(13-16)26-15(2)23/h3-5,7-10,13H,6,11-12H2,1-2H3,(H,21,24)(H,22,25). The number of hydrogen-bond donors (Lipinski definition) is 2. The molecule has 0 aliphatic heterocycles. The summed E-state index contributed by atoms with van der Waals surface area (Å²) in [7, 11) is 0. The number of hydrogen-bond acceptors (Lipinski definition) is 4. The van der Waals surface area contributed by atoms with Crippen molar-refractivity contribution < 1.29 is 19.1 Å². The van der Waals surface area contributed by atoms with Crippen LogP contribution in [0, 0.1) is 6.92 Å². The second-order valence-electron chi connectivity index (χ2n) is 5.80. The Balaban J connectivity index is 1.74. The van der Waals surface area contributed by atoms with E-state index in [0.29, 0.717) is 36.4 Å². The zero-order valence-corrected chi connectivity index (χ0v) is 14.9. The Kier molecular flexibility index (Phi) is 6.91. The average molecular weight is 354 g/mol. The molecule has 0 unspecified atom stereocenters. The molecule has 0 atom stereocenters. The van der Waals surface area contributed by atoms with Crippen LogP contribution in [0.1, 0.15) is 39.6 Å². The summed E-state index contributed by atoms with van der Waals surface area (Å²) >= 11 is 0. The molecule has 136 valence electrons. The lowest BCUT2D eigenvalue weighted by atomic mass is 10.1. The Morgan fingerprint density at radius 1 is 0.923 bits per heavy atom. The molecule has 6 heteroatoms. The molecule has 0 saturated carbocycles. The number of rotatable bonds is 7. The minimum atomic E-state index is -0.438. The van der Waals surface area contributed by atoms with Gasteiger partial charge in [0.25, 0.3) is 11.8 Å². The normalized spacial score (nSPS) is 10.1. The van der Waals surface area contributed by atoms with Gasteiger partial charge in [0.1, 0.15) is 5.75 Å². The highest BCUT2D eigenvalue weighted by molar-refractivity contribution is 5.95. The molecule has 2 rings (SSSR count). The third-order valence-electron chi connectivity index (χ3n) is 3.67. The van der Waals surface area contributed by atoms with E-state index in [2.05, 4.69) is 10.6 Å². The average Bonchev–Trinajstić information content (AvgIpc) is 2.61. The van der Waals surface area contributed by atoms with E-state index in [9.17, 15) is 14.4 Å². The molecule has 0 aromatic heterocycles. The summed E-state index contributed by atoms with van der Waals surface area (Å²) in [5.74, 6) is -0.490. The van der Waals surface area contributed by atoms with Gasteiger partial charge in [0, 0.05) is 31.1 Å². The van der Waals surface area contributed by atoms with Gasteiger partial charge in [0.15, 0.2) is 0 Å². The molecule has 6 nitrogen and oxygen atoms in total. The van der Waals surface area contributed by atoms with Crippen LogP contribution in [0.5, 0.6) is 5.75 Å². The minimum absolute atomic E-state index is 0.122. The van der Waals surface area contributed by atoms with Gasteiger partial charge in [-0.3, -0.25) is 14.4 Å². The Morgan fingerprint density at radius 3 is 2.31 bits per heavy atom. The minimum Gasteiger partial charge on any atom is -0.427 e. The van der Waals surface area contributed by atoms with Gasteiger partial charge in [-0.1, -0.05) is 24.3 Å². The predicted molar refractivity (Wildman–Crippen MR) is 98.2 cm³/mol. The van der Waals surface area contributed by atoms with Crippen LogP contribution >= 0.6 is 0 Å². The topological polar surface area (TPSA) is 84.5 Å². The molecule has 0 aliphatic carbocycles. The summed E-state index contributed by atoms with van der Waals surface area (Å²) in [6.07, 6.45) is 0.604. The lowest BCUT2D eigenvalue weighted by Gasteiger charge is -2.09. The van der Waals surface area contributed by atoms with Crippen LogP contribution in [0.25, 0.3) is 0 Å². The van der Waals surface area contributed by atoms with E-state index in [1.54, 1.807) is 24.3 Å². The largest absolute Gasteiger partial charge is 0.427 e. The first-order chi connectivity index (χ1) is 12.5. The van der Waals surface area contributed by atoms with Gasteiger partial charge in [0.05, 0.1) is 0 Å². The first-order valence-electron chi connectivity index (χ1n) is 8.38. The van der Waals surface area contributed by atoms with Crippen molar-refractivity contribution in [1.82, 2.24) is 10.6 Å². The van der Waals surface area contributed by atoms with Crippen LogP contribution in [0.2, 0.25) is 0 Å². The van der Waals surface area contributed by atoms with Crippen LogP contribution in [0.3, 0.4) is 0 Å². The van der Waals surface area contributed by atoms with Crippen molar-refractivity contribution in [2.24, 2.45) is 0 Å². The third kappa shape index (κ3) is 5.73. The number of nitrogens with one attached hydrogen (secondary N) is 2. The maximum Gasteiger partial charge on any atom is 0.308 e. The second-order valence-corrected chi connectivity index (χ2v) is 5.80. The first-order valence-corrected chi connectivity index (χ1v) is 8.38. The zero-order valence-electron chi connectivity index (χ0n) is 14.9. The number of carbonyl (C=O) groups is 3. The van der Waals surface area contributed by atoms with Crippen molar-refractivity contribution >= 4 is 17.8 Å². The van der Waals surface area contributed by atoms with E-state index >= 15 is 0 Å². The number of amides is 2. The van der Waals surface area contributed by atoms with E-state index in [0.717, 1.165) is 5.56 Å². The van der Waals surface area contributed by atoms with E-state index < -0.39 is 5.97 Å². The first kappa shape index (κ1) is 19.2. The van der Waals surface area contributed by atoms with Crippen molar-refractivity contribution in [3.8, 4) is 5.75 Å². The van der Waals surface area contributed by atoms with E-state index in [-0.39, 0.29) is 11.8 Å². The monoisotopic (exact) mass is 354 g/mol. The third-order valence-corrected chi connectivity index (χ3v) is 3.67. The van der Waals surface area contributed by atoms with E-state index in [1.807, 2.05) is 25.1 Å². The fourth-order valence-corrected chi connectivity index (χ4v) is 2.38. The smallest absolute Gasteiger partial charge is 0.308 e. The number of ether oxygens (including phenoxy) is 1. The molecule has 2 aromatic rings. The summed E-state index contributed by atoms with van der Waals surface area (Å²) in [6, 6.07) is 13.8. The molecule has 0 radical (unpaired) electrons. The van der Waals surface area contributed by atoms with Crippen LogP contribution in [0.4, 0.5) is 0 Å². The molecular formula is C20H22N2O4. The maximum atomic E-state index is 12.1. The maximum absolute atomic E-state index is 12.1. The van der Waals surface area contributed by atoms with E-state index in [1.165, 1.54) is 13.0 Å². The van der Waals surface area contributed by atoms with Gasteiger partial charge < -0.3 is 15.4 Å². The fraction of sp³-hybridized carbons (Fsp3) is 0.250. The van der Waals surface area contributed by atoms with Crippen molar-refractivity contribution in [3.63, 3.8) is 0 Å². The van der Waals surface area contributed by atoms with Gasteiger partial charge in [-0.25, -0.2) is 0 Å². The Labute approximate surface area is 152 Å². The van der Waals surface area contributed by atoms with Gasteiger partial charge in [-0.2, -0.15) is 0 Å². The van der Waals surface area contributed by atoms with Crippen molar-refractivity contribution in [2.75, 3.05) is 13.1 Å². The number of benzene rings is 2. The zero-order chi connectivity index (χ0) is 18.9. The Morgan fingerprint density at radius 2 is 1.62 bits per heavy atom. The molecule has 2 aromatic carbocycles. The lowest BCUT2D eigenvalue weighted by molar-refractivity contribution is -0.131. The van der Waals surface area contributed by atoms with Crippen molar-refractivity contribution in [1.29, 1.82) is 0 Å². The molecule has 2 amide bonds. The highest BCUT2D eigenvalue weighted by atomic mass is 16.5. The lowest BCUT2D eigenvalue weighted by Crippen LogP contribution is -2.30. The number of esters is 1. The highest BCUT2D eigenvalue weighted by Crippen LogP contribution is 2.13. The molecule has 26 heavy (non-hydrogen) atoms. The number of aryl methyl sites for hydroxylation is 1. The fourth-order valence-electron chi connectivity index (χ4n) is 2.38. The quantitative estimate of drug-likeness (QED) is 0.454. The number of carbonyl (C=O) groups excluding carboxylic acids is 3. The van der Waals surface area contributed by atoms with E-state index in [4.69, 9.17) is 4.74 Å². The molecule has 0 aliphatic rings. The molecule has 0 spiro atoms. The highest BCUT2D eigenvalue weighted by Gasteiger charge is 2.09.